The molecule has 32 heavy (non-hydrogen) atoms. The summed E-state index contributed by atoms with van der Waals surface area (Å²) in [6, 6.07) is 21.8. The molecule has 2 aromatic carbocycles. The van der Waals surface area contributed by atoms with Crippen LogP contribution in [0.25, 0.3) is 0 Å². The van der Waals surface area contributed by atoms with Crippen LogP contribution in [0.5, 0.6) is 5.75 Å². The molecule has 3 rings (SSSR count). The van der Waals surface area contributed by atoms with Crippen molar-refractivity contribution in [3.63, 3.8) is 0 Å². The largest absolute Gasteiger partial charge is 0.497 e. The molecule has 1 aromatic heterocycles. The van der Waals surface area contributed by atoms with Crippen LogP contribution in [0.15, 0.2) is 79.0 Å². The van der Waals surface area contributed by atoms with Crippen molar-refractivity contribution in [3.05, 3.63) is 95.8 Å². The summed E-state index contributed by atoms with van der Waals surface area (Å²) in [5.74, 6) is 0.442. The highest BCUT2D eigenvalue weighted by atomic mass is 16.5. The molecule has 1 heterocycles. The molecule has 166 valence electrons. The quantitative estimate of drug-likeness (QED) is 0.520. The fraction of sp³-hybridized carbons (Fsp3) is 0.269. The van der Waals surface area contributed by atoms with Crippen LogP contribution >= 0.6 is 0 Å². The molecule has 0 aliphatic heterocycles. The van der Waals surface area contributed by atoms with Crippen LogP contribution in [-0.4, -0.2) is 28.8 Å². The van der Waals surface area contributed by atoms with Gasteiger partial charge in [0.1, 0.15) is 11.8 Å². The van der Waals surface area contributed by atoms with Crippen molar-refractivity contribution in [2.24, 2.45) is 0 Å². The SMILES string of the molecule is CCCC(=O)N(Cc1ccc(OC)cc1)C(C(=O)NCc1ccccn1)c1ccccc1. The van der Waals surface area contributed by atoms with Crippen molar-refractivity contribution >= 4 is 11.8 Å². The van der Waals surface area contributed by atoms with Gasteiger partial charge in [0.05, 0.1) is 19.3 Å². The smallest absolute Gasteiger partial charge is 0.247 e. The van der Waals surface area contributed by atoms with Gasteiger partial charge < -0.3 is 15.0 Å². The molecule has 0 fully saturated rings. The van der Waals surface area contributed by atoms with E-state index in [2.05, 4.69) is 10.3 Å². The van der Waals surface area contributed by atoms with Crippen molar-refractivity contribution < 1.29 is 14.3 Å². The van der Waals surface area contributed by atoms with Gasteiger partial charge in [0.2, 0.25) is 11.8 Å². The fourth-order valence-electron chi connectivity index (χ4n) is 3.49. The average Bonchev–Trinajstić information content (AvgIpc) is 2.84. The highest BCUT2D eigenvalue weighted by molar-refractivity contribution is 5.88. The molecule has 0 saturated carbocycles. The Bertz CT molecular complexity index is 992. The standard InChI is InChI=1S/C26H29N3O3/c1-3-9-24(30)29(19-20-13-15-23(32-2)16-14-20)25(21-10-5-4-6-11-21)26(31)28-18-22-12-7-8-17-27-22/h4-8,10-17,25H,3,9,18-19H2,1-2H3,(H,28,31). The summed E-state index contributed by atoms with van der Waals surface area (Å²) >= 11 is 0. The third-order valence-corrected chi connectivity index (χ3v) is 5.14. The average molecular weight is 432 g/mol. The molecule has 6 heteroatoms. The van der Waals surface area contributed by atoms with Crippen molar-refractivity contribution in [1.29, 1.82) is 0 Å². The topological polar surface area (TPSA) is 71.5 Å². The number of hydrogen-bond acceptors (Lipinski definition) is 4. The van der Waals surface area contributed by atoms with E-state index in [0.29, 0.717) is 25.9 Å². The zero-order chi connectivity index (χ0) is 22.8. The van der Waals surface area contributed by atoms with Gasteiger partial charge in [-0.1, -0.05) is 55.5 Å². The number of carbonyl (C=O) groups is 2. The number of amides is 2. The Labute approximate surface area is 189 Å². The first kappa shape index (κ1) is 23.0. The van der Waals surface area contributed by atoms with Crippen LogP contribution in [0, 0.1) is 0 Å². The first-order chi connectivity index (χ1) is 15.6. The Balaban J connectivity index is 1.90. The number of carbonyl (C=O) groups excluding carboxylic acids is 2. The molecule has 0 radical (unpaired) electrons. The van der Waals surface area contributed by atoms with E-state index in [-0.39, 0.29) is 11.8 Å². The van der Waals surface area contributed by atoms with E-state index < -0.39 is 6.04 Å². The van der Waals surface area contributed by atoms with Gasteiger partial charge in [0, 0.05) is 19.2 Å². The van der Waals surface area contributed by atoms with Gasteiger partial charge in [-0.2, -0.15) is 0 Å². The van der Waals surface area contributed by atoms with Crippen molar-refractivity contribution in [1.82, 2.24) is 15.2 Å². The second-order valence-electron chi connectivity index (χ2n) is 7.47. The Morgan fingerprint density at radius 1 is 1.00 bits per heavy atom. The van der Waals surface area contributed by atoms with Crippen molar-refractivity contribution in [2.75, 3.05) is 7.11 Å². The van der Waals surface area contributed by atoms with Crippen LogP contribution in [-0.2, 0) is 22.7 Å². The van der Waals surface area contributed by atoms with Gasteiger partial charge in [-0.3, -0.25) is 14.6 Å². The third-order valence-electron chi connectivity index (χ3n) is 5.14. The molecule has 1 atom stereocenters. The molecule has 3 aromatic rings. The highest BCUT2D eigenvalue weighted by Crippen LogP contribution is 2.25. The van der Waals surface area contributed by atoms with E-state index in [1.165, 1.54) is 0 Å². The fourth-order valence-corrected chi connectivity index (χ4v) is 3.49. The lowest BCUT2D eigenvalue weighted by atomic mass is 10.0. The molecule has 1 N–H and O–H groups in total. The van der Waals surface area contributed by atoms with Gasteiger partial charge in [0.15, 0.2) is 0 Å². The summed E-state index contributed by atoms with van der Waals surface area (Å²) in [4.78, 5) is 32.5. The van der Waals surface area contributed by atoms with Crippen LogP contribution < -0.4 is 10.1 Å². The van der Waals surface area contributed by atoms with Gasteiger partial charge in [0.25, 0.3) is 0 Å². The number of benzene rings is 2. The van der Waals surface area contributed by atoms with Crippen molar-refractivity contribution in [3.8, 4) is 5.75 Å². The maximum Gasteiger partial charge on any atom is 0.247 e. The second kappa shape index (κ2) is 11.6. The number of nitrogens with zero attached hydrogens (tertiary/aromatic N) is 2. The van der Waals surface area contributed by atoms with E-state index in [1.807, 2.05) is 79.7 Å². The van der Waals surface area contributed by atoms with Gasteiger partial charge in [-0.15, -0.1) is 0 Å². The molecule has 0 bridgehead atoms. The minimum atomic E-state index is -0.749. The number of pyridine rings is 1. The number of ether oxygens (including phenoxy) is 1. The molecule has 1 unspecified atom stereocenters. The van der Waals surface area contributed by atoms with Gasteiger partial charge >= 0.3 is 0 Å². The monoisotopic (exact) mass is 431 g/mol. The first-order valence-corrected chi connectivity index (χ1v) is 10.8. The number of methoxy groups -OCH3 is 1. The Morgan fingerprint density at radius 2 is 1.72 bits per heavy atom. The minimum Gasteiger partial charge on any atom is -0.497 e. The molecular formula is C26H29N3O3. The van der Waals surface area contributed by atoms with E-state index >= 15 is 0 Å². The highest BCUT2D eigenvalue weighted by Gasteiger charge is 2.31. The van der Waals surface area contributed by atoms with Crippen LogP contribution in [0.4, 0.5) is 0 Å². The normalized spacial score (nSPS) is 11.4. The maximum atomic E-state index is 13.4. The van der Waals surface area contributed by atoms with Gasteiger partial charge in [-0.25, -0.2) is 0 Å². The zero-order valence-electron chi connectivity index (χ0n) is 18.5. The van der Waals surface area contributed by atoms with E-state index in [9.17, 15) is 9.59 Å². The third kappa shape index (κ3) is 6.17. The summed E-state index contributed by atoms with van der Waals surface area (Å²) in [7, 11) is 1.61. The predicted octanol–water partition coefficient (Wildman–Crippen LogP) is 4.28. The molecule has 0 aliphatic rings. The Kier molecular flexibility index (Phi) is 8.37. The Morgan fingerprint density at radius 3 is 2.34 bits per heavy atom. The zero-order valence-corrected chi connectivity index (χ0v) is 18.5. The number of nitrogens with one attached hydrogen (secondary N) is 1. The maximum absolute atomic E-state index is 13.4. The summed E-state index contributed by atoms with van der Waals surface area (Å²) in [6.45, 7) is 2.57. The van der Waals surface area contributed by atoms with E-state index in [4.69, 9.17) is 4.74 Å². The first-order valence-electron chi connectivity index (χ1n) is 10.8. The van der Waals surface area contributed by atoms with Crippen molar-refractivity contribution in [2.45, 2.75) is 38.9 Å². The minimum absolute atomic E-state index is 0.0647. The summed E-state index contributed by atoms with van der Waals surface area (Å²) in [5.41, 5.74) is 2.45. The lowest BCUT2D eigenvalue weighted by Crippen LogP contribution is -2.43. The second-order valence-corrected chi connectivity index (χ2v) is 7.47. The molecule has 2 amide bonds. The Hall–Kier alpha value is -3.67. The summed E-state index contributed by atoms with van der Waals surface area (Å²) in [5, 5.41) is 2.96. The molecule has 0 saturated heterocycles. The molecular weight excluding hydrogens is 402 g/mol. The lowest BCUT2D eigenvalue weighted by Gasteiger charge is -2.31. The molecule has 6 nitrogen and oxygen atoms in total. The van der Waals surface area contributed by atoms with E-state index in [0.717, 1.165) is 22.6 Å². The predicted molar refractivity (Wildman–Crippen MR) is 124 cm³/mol. The number of rotatable bonds is 10. The molecule has 0 aliphatic carbocycles. The summed E-state index contributed by atoms with van der Waals surface area (Å²) in [6.07, 6.45) is 2.76. The molecule has 0 spiro atoms. The van der Waals surface area contributed by atoms with Crippen LogP contribution in [0.1, 0.15) is 42.6 Å². The number of hydrogen-bond donors (Lipinski definition) is 1. The van der Waals surface area contributed by atoms with Crippen LogP contribution in [0.3, 0.4) is 0 Å². The van der Waals surface area contributed by atoms with Gasteiger partial charge in [-0.05, 0) is 41.8 Å². The van der Waals surface area contributed by atoms with Crippen LogP contribution in [0.2, 0.25) is 0 Å². The summed E-state index contributed by atoms with van der Waals surface area (Å²) < 4.78 is 5.24. The van der Waals surface area contributed by atoms with E-state index in [1.54, 1.807) is 18.2 Å². The number of aromatic nitrogens is 1. The lowest BCUT2D eigenvalue weighted by molar-refractivity contribution is -0.141.